The van der Waals surface area contributed by atoms with Crippen molar-refractivity contribution in [2.45, 2.75) is 0 Å². The van der Waals surface area contributed by atoms with Crippen molar-refractivity contribution < 1.29 is 24.7 Å². The second-order valence-electron chi connectivity index (χ2n) is 13.3. The van der Waals surface area contributed by atoms with E-state index in [4.69, 9.17) is 11.7 Å². The summed E-state index contributed by atoms with van der Waals surface area (Å²) in [6.07, 6.45) is 0. The van der Waals surface area contributed by atoms with E-state index in [0.29, 0.717) is 32.3 Å². The molecule has 9 heteroatoms. The van der Waals surface area contributed by atoms with Crippen LogP contribution >= 0.6 is 0 Å². The maximum atomic E-state index is 13.2. The molecule has 4 amide bonds. The Balaban J connectivity index is 0.00000496. The van der Waals surface area contributed by atoms with Crippen molar-refractivity contribution >= 4 is 45.2 Å². The van der Waals surface area contributed by atoms with Crippen molar-refractivity contribution in [1.29, 1.82) is 0 Å². The van der Waals surface area contributed by atoms with Crippen LogP contribution in [0.4, 0.5) is 0 Å². The number of imide groups is 2. The molecule has 0 saturated carbocycles. The molecule has 0 aliphatic carbocycles. The van der Waals surface area contributed by atoms with Crippen LogP contribution in [0.3, 0.4) is 0 Å². The Morgan fingerprint density at radius 1 is 0.316 bits per heavy atom. The summed E-state index contributed by atoms with van der Waals surface area (Å²) in [7, 11) is 0. The smallest absolute Gasteiger partial charge is 0.275 e. The molecule has 0 bridgehead atoms. The molecule has 9 nitrogen and oxygen atoms in total. The molecule has 8 aromatic carbocycles. The van der Waals surface area contributed by atoms with Gasteiger partial charge in [0.15, 0.2) is 0 Å². The molecular weight excluding hydrogens is 713 g/mol. The van der Waals surface area contributed by atoms with Crippen molar-refractivity contribution in [2.24, 2.45) is 11.7 Å². The van der Waals surface area contributed by atoms with Crippen LogP contribution in [0.25, 0.3) is 54.9 Å². The Kier molecular flexibility index (Phi) is 10.6. The number of carbonyl (C=O) groups excluding carboxylic acids is 4. The number of benzene rings is 8. The maximum absolute atomic E-state index is 13.2. The lowest BCUT2D eigenvalue weighted by atomic mass is 9.97. The molecule has 0 aromatic heterocycles. The predicted molar refractivity (Wildman–Crippen MR) is 224 cm³/mol. The largest absolute Gasteiger partial charge is 0.412 e. The number of rotatable bonds is 7. The van der Waals surface area contributed by atoms with Crippen LogP contribution in [0, 0.1) is 0 Å². The number of fused-ring (bicyclic) bond motifs is 2. The van der Waals surface area contributed by atoms with Gasteiger partial charge in [-0.2, -0.15) is 0 Å². The fourth-order valence-electron chi connectivity index (χ4n) is 6.87. The number of nitrogens with zero attached hydrogens (tertiary/aromatic N) is 2. The first-order valence-electron chi connectivity index (χ1n) is 17.9. The van der Waals surface area contributed by atoms with E-state index < -0.39 is 23.6 Å². The summed E-state index contributed by atoms with van der Waals surface area (Å²) in [5, 5.41) is 4.56. The van der Waals surface area contributed by atoms with Crippen molar-refractivity contribution in [3.63, 3.8) is 0 Å². The van der Waals surface area contributed by atoms with E-state index in [2.05, 4.69) is 0 Å². The van der Waals surface area contributed by atoms with Crippen molar-refractivity contribution in [2.75, 3.05) is 0 Å². The van der Waals surface area contributed by atoms with E-state index in [9.17, 15) is 19.2 Å². The first-order valence-corrected chi connectivity index (χ1v) is 17.9. The lowest BCUT2D eigenvalue weighted by Gasteiger charge is -2.16. The van der Waals surface area contributed by atoms with Crippen LogP contribution in [-0.2, 0) is 0 Å². The summed E-state index contributed by atoms with van der Waals surface area (Å²) in [4.78, 5) is 52.7. The minimum Gasteiger partial charge on any atom is -0.412 e. The molecule has 0 saturated heterocycles. The van der Waals surface area contributed by atoms with Gasteiger partial charge in [0.25, 0.3) is 23.6 Å². The molecule has 6 N–H and O–H groups in total. The highest BCUT2D eigenvalue weighted by atomic mass is 16.2. The van der Waals surface area contributed by atoms with Gasteiger partial charge in [-0.1, -0.05) is 146 Å². The number of nitrogens with two attached hydrogens (primary N) is 2. The van der Waals surface area contributed by atoms with Crippen molar-refractivity contribution in [3.05, 3.63) is 204 Å². The van der Waals surface area contributed by atoms with E-state index in [1.54, 1.807) is 48.5 Å². The molecule has 8 aromatic rings. The summed E-state index contributed by atoms with van der Waals surface area (Å²) in [5.41, 5.74) is 7.12. The van der Waals surface area contributed by atoms with E-state index >= 15 is 0 Å². The average Bonchev–Trinajstić information content (AvgIpc) is 3.27. The Labute approximate surface area is 328 Å². The fourth-order valence-corrected chi connectivity index (χ4v) is 6.87. The van der Waals surface area contributed by atoms with Gasteiger partial charge in [0.2, 0.25) is 0 Å². The second-order valence-corrected chi connectivity index (χ2v) is 13.3. The normalized spacial score (nSPS) is 10.8. The third kappa shape index (κ3) is 7.45. The van der Waals surface area contributed by atoms with Crippen LogP contribution in [-0.4, -0.2) is 39.1 Å². The summed E-state index contributed by atoms with van der Waals surface area (Å²) < 4.78 is 0. The van der Waals surface area contributed by atoms with Gasteiger partial charge in [-0.3, -0.25) is 19.2 Å². The zero-order valence-corrected chi connectivity index (χ0v) is 30.5. The van der Waals surface area contributed by atoms with Gasteiger partial charge >= 0.3 is 0 Å². The highest BCUT2D eigenvalue weighted by molar-refractivity contribution is 6.16. The average molecular weight is 749 g/mol. The number of hydrogen-bond acceptors (Lipinski definition) is 6. The van der Waals surface area contributed by atoms with Crippen molar-refractivity contribution in [1.82, 2.24) is 10.0 Å². The van der Waals surface area contributed by atoms with E-state index in [0.717, 1.165) is 54.9 Å². The SMILES string of the molecule is NN(C(=O)c1ccc(-c2ccc(-c3ccc(-c4ccc(C(=O)N(N)C(=O)c5cccc6ccccc56)cc4)cc3)cc2)cc1)C(=O)c1cccc2ccccc12.O. The van der Waals surface area contributed by atoms with Crippen LogP contribution in [0.1, 0.15) is 41.4 Å². The molecule has 278 valence electrons. The predicted octanol–water partition coefficient (Wildman–Crippen LogP) is 8.48. The van der Waals surface area contributed by atoms with Crippen LogP contribution < -0.4 is 11.7 Å². The minimum atomic E-state index is -0.593. The van der Waals surface area contributed by atoms with E-state index in [1.165, 1.54) is 0 Å². The molecule has 0 fully saturated rings. The zero-order chi connectivity index (χ0) is 38.8. The van der Waals surface area contributed by atoms with Gasteiger partial charge in [-0.05, 0) is 91.3 Å². The zero-order valence-electron chi connectivity index (χ0n) is 30.5. The molecule has 57 heavy (non-hydrogen) atoms. The standard InChI is InChI=1S/C48H34N4O4.H2O/c49-51(47(55)43-13-5-9-37-7-1-3-11-41(37)43)45(53)39-27-23-35(24-28-39)33-19-15-31(16-20-33)32-17-21-34(22-18-32)36-25-29-40(30-26-36)46(54)52(50)48(56)44-14-6-10-38-8-2-4-12-42(38)44;/h1-30H,49-50H2;1H2. The molecule has 8 rings (SSSR count). The van der Waals surface area contributed by atoms with Gasteiger partial charge in [-0.25, -0.2) is 21.7 Å². The van der Waals surface area contributed by atoms with Crippen LogP contribution in [0.2, 0.25) is 0 Å². The molecular formula is C48H36N4O5. The molecule has 0 atom stereocenters. The van der Waals surface area contributed by atoms with Gasteiger partial charge in [0.05, 0.1) is 0 Å². The third-order valence-electron chi connectivity index (χ3n) is 9.95. The first kappa shape index (κ1) is 37.7. The molecule has 0 radical (unpaired) electrons. The second kappa shape index (κ2) is 16.0. The number of hydrazine groups is 2. The molecule has 0 unspecified atom stereocenters. The maximum Gasteiger partial charge on any atom is 0.275 e. The lowest BCUT2D eigenvalue weighted by molar-refractivity contribution is 0.0602. The third-order valence-corrected chi connectivity index (χ3v) is 9.95. The Morgan fingerprint density at radius 2 is 0.579 bits per heavy atom. The van der Waals surface area contributed by atoms with Crippen LogP contribution in [0.5, 0.6) is 0 Å². The summed E-state index contributed by atoms with van der Waals surface area (Å²) >= 11 is 0. The monoisotopic (exact) mass is 748 g/mol. The van der Waals surface area contributed by atoms with Gasteiger partial charge < -0.3 is 5.48 Å². The first-order chi connectivity index (χ1) is 27.3. The van der Waals surface area contributed by atoms with Gasteiger partial charge in [-0.15, -0.1) is 0 Å². The number of amides is 4. The molecule has 0 heterocycles. The van der Waals surface area contributed by atoms with E-state index in [1.807, 2.05) is 133 Å². The highest BCUT2D eigenvalue weighted by Crippen LogP contribution is 2.29. The van der Waals surface area contributed by atoms with Gasteiger partial charge in [0, 0.05) is 22.3 Å². The van der Waals surface area contributed by atoms with Crippen molar-refractivity contribution in [3.8, 4) is 33.4 Å². The number of carbonyl (C=O) groups is 4. The summed E-state index contributed by atoms with van der Waals surface area (Å²) in [5.74, 6) is 9.77. The molecule has 0 spiro atoms. The van der Waals surface area contributed by atoms with Crippen LogP contribution in [0.15, 0.2) is 182 Å². The Hall–Kier alpha value is -7.56. The van der Waals surface area contributed by atoms with E-state index in [-0.39, 0.29) is 5.48 Å². The number of hydrogen-bond donors (Lipinski definition) is 2. The minimum absolute atomic E-state index is 0. The quantitative estimate of drug-likeness (QED) is 0.0720. The summed E-state index contributed by atoms with van der Waals surface area (Å²) in [6, 6.07) is 55.8. The topological polar surface area (TPSA) is 158 Å². The fraction of sp³-hybridized carbons (Fsp3) is 0. The molecule has 0 aliphatic rings. The Bertz CT molecular complexity index is 2580. The van der Waals surface area contributed by atoms with Gasteiger partial charge in [0.1, 0.15) is 0 Å². The highest BCUT2D eigenvalue weighted by Gasteiger charge is 2.24. The molecule has 0 aliphatic heterocycles. The lowest BCUT2D eigenvalue weighted by Crippen LogP contribution is -2.42. The Morgan fingerprint density at radius 3 is 0.895 bits per heavy atom. The summed E-state index contributed by atoms with van der Waals surface area (Å²) in [6.45, 7) is 0.